The summed E-state index contributed by atoms with van der Waals surface area (Å²) in [4.78, 5) is 2.62. The molecule has 0 amide bonds. The molecule has 2 fully saturated rings. The van der Waals surface area contributed by atoms with E-state index < -0.39 is 0 Å². The molecule has 0 spiro atoms. The summed E-state index contributed by atoms with van der Waals surface area (Å²) in [6, 6.07) is 2.65. The van der Waals surface area contributed by atoms with Gasteiger partial charge in [-0.3, -0.25) is 4.68 Å². The van der Waals surface area contributed by atoms with Crippen LogP contribution in [0.15, 0.2) is 18.5 Å². The zero-order valence-electron chi connectivity index (χ0n) is 9.18. The molecule has 1 aromatic rings. The highest BCUT2D eigenvalue weighted by Crippen LogP contribution is 2.29. The maximum absolute atomic E-state index is 4.34. The van der Waals surface area contributed by atoms with Crippen molar-refractivity contribution < 1.29 is 0 Å². The first kappa shape index (κ1) is 9.40. The lowest BCUT2D eigenvalue weighted by Gasteiger charge is -2.29. The highest BCUT2D eigenvalue weighted by molar-refractivity contribution is 4.87. The van der Waals surface area contributed by atoms with Gasteiger partial charge in [-0.15, -0.1) is 0 Å². The highest BCUT2D eigenvalue weighted by atomic mass is 15.3. The predicted octanol–water partition coefficient (Wildman–Crippen LogP) is 1.93. The van der Waals surface area contributed by atoms with Gasteiger partial charge in [0.25, 0.3) is 0 Å². The molecule has 82 valence electrons. The molecule has 1 atom stereocenters. The Morgan fingerprint density at radius 3 is 2.87 bits per heavy atom. The van der Waals surface area contributed by atoms with Crippen LogP contribution in [0, 0.1) is 5.92 Å². The van der Waals surface area contributed by atoms with Crippen molar-refractivity contribution in [2.24, 2.45) is 5.92 Å². The first-order valence-corrected chi connectivity index (χ1v) is 6.13. The lowest BCUT2D eigenvalue weighted by atomic mass is 9.85. The number of nitrogens with zero attached hydrogens (tertiary/aromatic N) is 3. The van der Waals surface area contributed by atoms with E-state index in [0.717, 1.165) is 5.92 Å². The lowest BCUT2D eigenvalue weighted by Crippen LogP contribution is -2.31. The Morgan fingerprint density at radius 1 is 1.27 bits per heavy atom. The molecule has 1 saturated heterocycles. The van der Waals surface area contributed by atoms with Crippen molar-refractivity contribution in [3.63, 3.8) is 0 Å². The highest BCUT2D eigenvalue weighted by Gasteiger charge is 2.27. The van der Waals surface area contributed by atoms with E-state index >= 15 is 0 Å². The van der Waals surface area contributed by atoms with Gasteiger partial charge in [0.1, 0.15) is 0 Å². The number of hydrogen-bond donors (Lipinski definition) is 0. The fourth-order valence-electron chi connectivity index (χ4n) is 2.73. The number of hydrogen-bond acceptors (Lipinski definition) is 2. The Morgan fingerprint density at radius 2 is 2.20 bits per heavy atom. The second-order valence-corrected chi connectivity index (χ2v) is 4.99. The molecule has 0 N–H and O–H groups in total. The lowest BCUT2D eigenvalue weighted by molar-refractivity contribution is 0.200. The molecule has 1 aromatic heterocycles. The molecular formula is C12H19N3. The second-order valence-electron chi connectivity index (χ2n) is 4.99. The van der Waals surface area contributed by atoms with Crippen LogP contribution in [0.25, 0.3) is 0 Å². The van der Waals surface area contributed by atoms with Gasteiger partial charge in [-0.25, -0.2) is 0 Å². The van der Waals surface area contributed by atoms with Gasteiger partial charge in [-0.2, -0.15) is 5.10 Å². The maximum Gasteiger partial charge on any atom is 0.0658 e. The van der Waals surface area contributed by atoms with E-state index in [1.165, 1.54) is 45.3 Å². The van der Waals surface area contributed by atoms with E-state index in [4.69, 9.17) is 0 Å². The summed E-state index contributed by atoms with van der Waals surface area (Å²) < 4.78 is 2.13. The van der Waals surface area contributed by atoms with Gasteiger partial charge >= 0.3 is 0 Å². The Bertz CT molecular complexity index is 303. The van der Waals surface area contributed by atoms with Crippen molar-refractivity contribution in [2.75, 3.05) is 19.6 Å². The zero-order chi connectivity index (χ0) is 10.1. The van der Waals surface area contributed by atoms with Gasteiger partial charge in [0, 0.05) is 32.0 Å². The molecule has 1 aliphatic carbocycles. The molecule has 0 aromatic carbocycles. The largest absolute Gasteiger partial charge is 0.301 e. The summed E-state index contributed by atoms with van der Waals surface area (Å²) in [7, 11) is 0. The third kappa shape index (κ3) is 1.93. The molecule has 3 rings (SSSR count). The summed E-state index contributed by atoms with van der Waals surface area (Å²) in [5.74, 6) is 1.00. The Kier molecular flexibility index (Phi) is 2.49. The van der Waals surface area contributed by atoms with Gasteiger partial charge in [0.2, 0.25) is 0 Å². The van der Waals surface area contributed by atoms with Gasteiger partial charge in [0.15, 0.2) is 0 Å². The van der Waals surface area contributed by atoms with E-state index in [9.17, 15) is 0 Å². The predicted molar refractivity (Wildman–Crippen MR) is 59.7 cm³/mol. The van der Waals surface area contributed by atoms with Crippen LogP contribution in [0.1, 0.15) is 31.7 Å². The molecule has 2 heterocycles. The van der Waals surface area contributed by atoms with E-state index in [2.05, 4.69) is 20.9 Å². The van der Waals surface area contributed by atoms with Crippen LogP contribution in [0.4, 0.5) is 0 Å². The average molecular weight is 205 g/mol. The Balaban J connectivity index is 1.54. The quantitative estimate of drug-likeness (QED) is 0.752. The van der Waals surface area contributed by atoms with Crippen molar-refractivity contribution in [3.8, 4) is 0 Å². The standard InChI is InChI=1S/C12H19N3/c1-3-11(4-1)9-14-8-5-12(10-14)15-7-2-6-13-15/h2,6-7,11-12H,1,3-5,8-10H2. The van der Waals surface area contributed by atoms with Crippen LogP contribution >= 0.6 is 0 Å². The molecule has 3 nitrogen and oxygen atoms in total. The van der Waals surface area contributed by atoms with E-state index in [1.54, 1.807) is 0 Å². The average Bonchev–Trinajstić information content (AvgIpc) is 2.82. The topological polar surface area (TPSA) is 21.1 Å². The Labute approximate surface area is 91.1 Å². The van der Waals surface area contributed by atoms with Crippen LogP contribution < -0.4 is 0 Å². The number of likely N-dealkylation sites (tertiary alicyclic amines) is 1. The number of aromatic nitrogens is 2. The Hall–Kier alpha value is -0.830. The summed E-state index contributed by atoms with van der Waals surface area (Å²) in [5.41, 5.74) is 0. The zero-order valence-corrected chi connectivity index (χ0v) is 9.18. The number of rotatable bonds is 3. The first-order valence-electron chi connectivity index (χ1n) is 6.13. The van der Waals surface area contributed by atoms with E-state index in [0.29, 0.717) is 6.04 Å². The van der Waals surface area contributed by atoms with Crippen molar-refractivity contribution >= 4 is 0 Å². The van der Waals surface area contributed by atoms with Crippen molar-refractivity contribution in [2.45, 2.75) is 31.7 Å². The van der Waals surface area contributed by atoms with Crippen LogP contribution in [-0.4, -0.2) is 34.3 Å². The molecule has 1 saturated carbocycles. The van der Waals surface area contributed by atoms with Crippen molar-refractivity contribution in [1.29, 1.82) is 0 Å². The van der Waals surface area contributed by atoms with Crippen LogP contribution in [-0.2, 0) is 0 Å². The monoisotopic (exact) mass is 205 g/mol. The van der Waals surface area contributed by atoms with Gasteiger partial charge in [0.05, 0.1) is 6.04 Å². The summed E-state index contributed by atoms with van der Waals surface area (Å²) in [5, 5.41) is 4.34. The minimum Gasteiger partial charge on any atom is -0.301 e. The summed E-state index contributed by atoms with van der Waals surface area (Å²) >= 11 is 0. The molecule has 3 heteroatoms. The van der Waals surface area contributed by atoms with Crippen molar-refractivity contribution in [1.82, 2.24) is 14.7 Å². The minimum absolute atomic E-state index is 0.625. The fraction of sp³-hybridized carbons (Fsp3) is 0.750. The summed E-state index contributed by atoms with van der Waals surface area (Å²) in [6.45, 7) is 3.80. The van der Waals surface area contributed by atoms with E-state index in [1.807, 2.05) is 12.3 Å². The molecule has 2 aliphatic rings. The smallest absolute Gasteiger partial charge is 0.0658 e. The third-order valence-corrected chi connectivity index (χ3v) is 3.89. The van der Waals surface area contributed by atoms with E-state index in [-0.39, 0.29) is 0 Å². The SMILES string of the molecule is c1cnn(C2CCN(CC3CCC3)C2)c1. The molecule has 15 heavy (non-hydrogen) atoms. The van der Waals surface area contributed by atoms with Crippen LogP contribution in [0.5, 0.6) is 0 Å². The summed E-state index contributed by atoms with van der Waals surface area (Å²) in [6.07, 6.45) is 9.63. The first-order chi connectivity index (χ1) is 7.42. The molecule has 1 unspecified atom stereocenters. The van der Waals surface area contributed by atoms with Gasteiger partial charge in [-0.05, 0) is 31.2 Å². The third-order valence-electron chi connectivity index (χ3n) is 3.89. The van der Waals surface area contributed by atoms with Crippen molar-refractivity contribution in [3.05, 3.63) is 18.5 Å². The second kappa shape index (κ2) is 3.97. The normalized spacial score (nSPS) is 28.1. The minimum atomic E-state index is 0.625. The molecular weight excluding hydrogens is 186 g/mol. The fourth-order valence-corrected chi connectivity index (χ4v) is 2.73. The van der Waals surface area contributed by atoms with Gasteiger partial charge < -0.3 is 4.90 Å². The molecule has 0 radical (unpaired) electrons. The van der Waals surface area contributed by atoms with Gasteiger partial charge in [-0.1, -0.05) is 6.42 Å². The molecule has 0 bridgehead atoms. The van der Waals surface area contributed by atoms with Crippen LogP contribution in [0.3, 0.4) is 0 Å². The van der Waals surface area contributed by atoms with Crippen LogP contribution in [0.2, 0.25) is 0 Å². The maximum atomic E-state index is 4.34. The molecule has 1 aliphatic heterocycles.